The summed E-state index contributed by atoms with van der Waals surface area (Å²) in [5.74, 6) is -2.52. The van der Waals surface area contributed by atoms with E-state index in [2.05, 4.69) is 0 Å². The van der Waals surface area contributed by atoms with Crippen LogP contribution in [0.15, 0.2) is 59.0 Å². The number of likely N-dealkylation sites (tertiary alicyclic amines) is 1. The molecule has 0 aromatic heterocycles. The second kappa shape index (κ2) is 9.42. The van der Waals surface area contributed by atoms with Crippen LogP contribution in [-0.4, -0.2) is 80.6 Å². The topological polar surface area (TPSA) is 98.2 Å². The smallest absolute Gasteiger partial charge is 0.295 e. The number of hydrogen-bond donors (Lipinski definition) is 1. The maximum Gasteiger partial charge on any atom is 0.295 e. The minimum Gasteiger partial charge on any atom is -0.507 e. The number of benzene rings is 2. The summed E-state index contributed by atoms with van der Waals surface area (Å²) in [6, 6.07) is 9.87. The number of likely N-dealkylation sites (N-methyl/N-ethyl adjacent to an activating group) is 1. The van der Waals surface area contributed by atoms with E-state index in [-0.39, 0.29) is 22.6 Å². The van der Waals surface area contributed by atoms with Crippen molar-refractivity contribution in [3.8, 4) is 0 Å². The Balaban J connectivity index is 2.11. The second-order valence-corrected chi connectivity index (χ2v) is 10.3. The van der Waals surface area contributed by atoms with Crippen molar-refractivity contribution in [2.45, 2.75) is 10.9 Å². The summed E-state index contributed by atoms with van der Waals surface area (Å²) in [6.45, 7) is 0.693. The number of aliphatic hydroxyl groups excluding tert-OH is 1. The Kier molecular flexibility index (Phi) is 7.01. The molecule has 2 aromatic carbocycles. The lowest BCUT2D eigenvalue weighted by atomic mass is 9.95. The molecule has 0 saturated carbocycles. The van der Waals surface area contributed by atoms with Crippen LogP contribution in [0.25, 0.3) is 5.76 Å². The first-order valence-electron chi connectivity index (χ1n) is 10.2. The zero-order valence-corrected chi connectivity index (χ0v) is 19.6. The van der Waals surface area contributed by atoms with Gasteiger partial charge in [0.05, 0.1) is 16.5 Å². The van der Waals surface area contributed by atoms with Crippen LogP contribution < -0.4 is 0 Å². The molecular weight excluding hydrogens is 449 g/mol. The van der Waals surface area contributed by atoms with Crippen molar-refractivity contribution in [3.63, 3.8) is 0 Å². The summed E-state index contributed by atoms with van der Waals surface area (Å²) in [5.41, 5.74) is 0.529. The molecule has 0 bridgehead atoms. The quantitative estimate of drug-likeness (QED) is 0.374. The first-order chi connectivity index (χ1) is 15.4. The lowest BCUT2D eigenvalue weighted by molar-refractivity contribution is -0.140. The normalized spacial score (nSPS) is 18.5. The van der Waals surface area contributed by atoms with E-state index in [1.807, 2.05) is 19.0 Å². The van der Waals surface area contributed by atoms with E-state index < -0.39 is 39.3 Å². The van der Waals surface area contributed by atoms with Gasteiger partial charge in [0.15, 0.2) is 0 Å². The number of carbonyl (C=O) groups excluding carboxylic acids is 2. The highest BCUT2D eigenvalue weighted by Gasteiger charge is 2.45. The largest absolute Gasteiger partial charge is 0.507 e. The summed E-state index contributed by atoms with van der Waals surface area (Å²) in [7, 11) is 2.79. The molecular formula is C23H26FN3O5S. The average Bonchev–Trinajstić information content (AvgIpc) is 3.02. The van der Waals surface area contributed by atoms with E-state index in [1.165, 1.54) is 67.5 Å². The minimum atomic E-state index is -3.67. The Morgan fingerprint density at radius 1 is 1.00 bits per heavy atom. The first kappa shape index (κ1) is 24.6. The van der Waals surface area contributed by atoms with Gasteiger partial charge >= 0.3 is 0 Å². The molecule has 1 unspecified atom stereocenters. The molecule has 0 aliphatic carbocycles. The molecule has 1 atom stereocenters. The fraction of sp³-hybridized carbons (Fsp3) is 0.304. The lowest BCUT2D eigenvalue weighted by Gasteiger charge is -2.26. The Morgan fingerprint density at radius 2 is 1.58 bits per heavy atom. The van der Waals surface area contributed by atoms with Crippen LogP contribution in [0.2, 0.25) is 0 Å². The monoisotopic (exact) mass is 475 g/mol. The van der Waals surface area contributed by atoms with Crippen molar-refractivity contribution < 1.29 is 27.5 Å². The van der Waals surface area contributed by atoms with Crippen LogP contribution >= 0.6 is 0 Å². The Hall–Kier alpha value is -3.08. The van der Waals surface area contributed by atoms with E-state index >= 15 is 0 Å². The minimum absolute atomic E-state index is 0.0190. The van der Waals surface area contributed by atoms with Gasteiger partial charge in [-0.15, -0.1) is 0 Å². The van der Waals surface area contributed by atoms with Gasteiger partial charge in [-0.1, -0.05) is 12.1 Å². The Morgan fingerprint density at radius 3 is 2.09 bits per heavy atom. The van der Waals surface area contributed by atoms with Crippen molar-refractivity contribution in [2.24, 2.45) is 0 Å². The number of Topliss-reactive ketones (excluding diaryl/α,β-unsaturated/α-hetero) is 1. The lowest BCUT2D eigenvalue weighted by Crippen LogP contribution is -2.35. The van der Waals surface area contributed by atoms with Crippen LogP contribution in [0.4, 0.5) is 4.39 Å². The van der Waals surface area contributed by atoms with Crippen molar-refractivity contribution in [3.05, 3.63) is 71.0 Å². The number of halogens is 1. The highest BCUT2D eigenvalue weighted by atomic mass is 32.2. The van der Waals surface area contributed by atoms with E-state index in [1.54, 1.807) is 0 Å². The summed E-state index contributed by atoms with van der Waals surface area (Å²) in [5, 5.41) is 11.0. The highest BCUT2D eigenvalue weighted by molar-refractivity contribution is 7.89. The maximum atomic E-state index is 13.5. The fourth-order valence-electron chi connectivity index (χ4n) is 3.56. The standard InChI is InChI=1S/C23H26FN3O5S/c1-25(2)13-14-27-20(15-5-9-17(24)10-6-15)19(22(29)23(27)30)21(28)16-7-11-18(12-8-16)33(31,32)26(3)4/h5-12,20,28H,13-14H2,1-4H3. The zero-order valence-electron chi connectivity index (χ0n) is 18.8. The molecule has 33 heavy (non-hydrogen) atoms. The van der Waals surface area contributed by atoms with Crippen molar-refractivity contribution in [2.75, 3.05) is 41.3 Å². The second-order valence-electron chi connectivity index (χ2n) is 8.16. The molecule has 3 rings (SSSR count). The van der Waals surface area contributed by atoms with Crippen molar-refractivity contribution >= 4 is 27.5 Å². The van der Waals surface area contributed by atoms with Gasteiger partial charge in [0.25, 0.3) is 11.7 Å². The van der Waals surface area contributed by atoms with Crippen molar-refractivity contribution in [1.82, 2.24) is 14.1 Å². The van der Waals surface area contributed by atoms with Gasteiger partial charge in [-0.05, 0) is 56.1 Å². The zero-order chi connectivity index (χ0) is 24.5. The van der Waals surface area contributed by atoms with Gasteiger partial charge in [0.1, 0.15) is 11.6 Å². The third-order valence-corrected chi connectivity index (χ3v) is 7.25. The molecule has 10 heteroatoms. The predicted octanol–water partition coefficient (Wildman–Crippen LogP) is 2.06. The number of amides is 1. The highest BCUT2D eigenvalue weighted by Crippen LogP contribution is 2.39. The number of rotatable bonds is 7. The molecule has 1 aliphatic rings. The SMILES string of the molecule is CN(C)CCN1C(=O)C(=O)C(=C(O)c2ccc(S(=O)(=O)N(C)C)cc2)C1c1ccc(F)cc1. The summed E-state index contributed by atoms with van der Waals surface area (Å²) < 4.78 is 39.2. The molecule has 1 fully saturated rings. The summed E-state index contributed by atoms with van der Waals surface area (Å²) >= 11 is 0. The Labute approximate surface area is 192 Å². The summed E-state index contributed by atoms with van der Waals surface area (Å²) in [4.78, 5) is 29.0. The summed E-state index contributed by atoms with van der Waals surface area (Å²) in [6.07, 6.45) is 0. The molecule has 1 heterocycles. The first-order valence-corrected chi connectivity index (χ1v) is 11.6. The molecule has 0 spiro atoms. The van der Waals surface area contributed by atoms with Gasteiger partial charge in [0, 0.05) is 32.7 Å². The van der Waals surface area contributed by atoms with Crippen molar-refractivity contribution in [1.29, 1.82) is 0 Å². The number of nitrogens with zero attached hydrogens (tertiary/aromatic N) is 3. The van der Waals surface area contributed by atoms with E-state index in [9.17, 15) is 27.5 Å². The van der Waals surface area contributed by atoms with E-state index in [4.69, 9.17) is 0 Å². The van der Waals surface area contributed by atoms with Crippen LogP contribution in [0.1, 0.15) is 17.2 Å². The Bertz CT molecular complexity index is 1190. The van der Waals surface area contributed by atoms with Crippen LogP contribution in [0.5, 0.6) is 0 Å². The van der Waals surface area contributed by atoms with Crippen LogP contribution in [-0.2, 0) is 19.6 Å². The number of aliphatic hydroxyl groups is 1. The van der Waals surface area contributed by atoms with Gasteiger partial charge in [-0.2, -0.15) is 0 Å². The number of ketones is 1. The molecule has 0 radical (unpaired) electrons. The molecule has 1 saturated heterocycles. The molecule has 1 aliphatic heterocycles. The van der Waals surface area contributed by atoms with E-state index in [0.29, 0.717) is 12.1 Å². The molecule has 8 nitrogen and oxygen atoms in total. The number of carbonyl (C=O) groups is 2. The van der Waals surface area contributed by atoms with Gasteiger partial charge in [0.2, 0.25) is 10.0 Å². The third kappa shape index (κ3) is 4.82. The molecule has 1 amide bonds. The molecule has 176 valence electrons. The van der Waals surface area contributed by atoms with Gasteiger partial charge < -0.3 is 14.9 Å². The van der Waals surface area contributed by atoms with Gasteiger partial charge in [-0.3, -0.25) is 9.59 Å². The number of sulfonamides is 1. The molecule has 2 aromatic rings. The number of hydrogen-bond acceptors (Lipinski definition) is 6. The molecule has 1 N–H and O–H groups in total. The maximum absolute atomic E-state index is 13.5. The third-order valence-electron chi connectivity index (χ3n) is 5.42. The van der Waals surface area contributed by atoms with Gasteiger partial charge in [-0.25, -0.2) is 17.1 Å². The fourth-order valence-corrected chi connectivity index (χ4v) is 4.46. The van der Waals surface area contributed by atoms with Crippen LogP contribution in [0.3, 0.4) is 0 Å². The average molecular weight is 476 g/mol. The van der Waals surface area contributed by atoms with E-state index in [0.717, 1.165) is 4.31 Å². The van der Waals surface area contributed by atoms with Crippen LogP contribution in [0, 0.1) is 5.82 Å². The predicted molar refractivity (Wildman–Crippen MR) is 121 cm³/mol.